The zero-order chi connectivity index (χ0) is 9.81. The van der Waals surface area contributed by atoms with Gasteiger partial charge in [0, 0.05) is 24.9 Å². The molecule has 0 bridgehead atoms. The second-order valence-corrected chi connectivity index (χ2v) is 5.53. The van der Waals surface area contributed by atoms with Crippen molar-refractivity contribution in [2.24, 2.45) is 11.3 Å². The van der Waals surface area contributed by atoms with E-state index in [1.807, 2.05) is 0 Å². The predicted octanol–water partition coefficient (Wildman–Crippen LogP) is 2.56. The van der Waals surface area contributed by atoms with E-state index in [4.69, 9.17) is 0 Å². The van der Waals surface area contributed by atoms with Crippen LogP contribution in [0.15, 0.2) is 0 Å². The summed E-state index contributed by atoms with van der Waals surface area (Å²) in [4.78, 5) is 0. The molecule has 1 nitrogen and oxygen atoms in total. The van der Waals surface area contributed by atoms with E-state index >= 15 is 0 Å². The predicted molar refractivity (Wildman–Crippen MR) is 50.4 cm³/mol. The third-order valence-electron chi connectivity index (χ3n) is 4.38. The summed E-state index contributed by atoms with van der Waals surface area (Å²) in [6.45, 7) is 0.535. The normalized spacial score (nSPS) is 37.7. The van der Waals surface area contributed by atoms with Crippen molar-refractivity contribution in [2.45, 2.75) is 50.5 Å². The highest BCUT2D eigenvalue weighted by Crippen LogP contribution is 2.56. The quantitative estimate of drug-likeness (QED) is 0.740. The Morgan fingerprint density at radius 2 is 1.79 bits per heavy atom. The zero-order valence-corrected chi connectivity index (χ0v) is 8.36. The van der Waals surface area contributed by atoms with Gasteiger partial charge in [0.2, 0.25) is 0 Å². The molecule has 1 N–H and O–H groups in total. The van der Waals surface area contributed by atoms with Gasteiger partial charge in [0.1, 0.15) is 0 Å². The number of hydrogen-bond acceptors (Lipinski definition) is 1. The molecule has 80 valence electrons. The fourth-order valence-corrected chi connectivity index (χ4v) is 3.01. The van der Waals surface area contributed by atoms with E-state index in [9.17, 15) is 8.78 Å². The van der Waals surface area contributed by atoms with Crippen molar-refractivity contribution in [3.05, 3.63) is 0 Å². The number of hydrogen-bond donors (Lipinski definition) is 1. The summed E-state index contributed by atoms with van der Waals surface area (Å²) >= 11 is 0. The minimum absolute atomic E-state index is 0.109. The monoisotopic (exact) mass is 201 g/mol. The van der Waals surface area contributed by atoms with Crippen LogP contribution in [-0.2, 0) is 0 Å². The van der Waals surface area contributed by atoms with Gasteiger partial charge in [-0.1, -0.05) is 6.42 Å². The van der Waals surface area contributed by atoms with Gasteiger partial charge in [-0.05, 0) is 31.1 Å². The Morgan fingerprint density at radius 1 is 1.14 bits per heavy atom. The Bertz CT molecular complexity index is 240. The Kier molecular flexibility index (Phi) is 1.74. The molecule has 0 radical (unpaired) electrons. The van der Waals surface area contributed by atoms with E-state index in [0.29, 0.717) is 18.0 Å². The van der Waals surface area contributed by atoms with E-state index in [1.165, 1.54) is 32.1 Å². The van der Waals surface area contributed by atoms with Crippen molar-refractivity contribution in [2.75, 3.05) is 6.54 Å². The molecule has 0 aromatic heterocycles. The molecule has 1 spiro atoms. The number of nitrogens with one attached hydrogen (secondary N) is 1. The standard InChI is InChI=1S/C11H17F2N/c12-11(13)4-8(11)7-14-9-5-10(6-9)2-1-3-10/h8-9,14H,1-7H2. The molecular weight excluding hydrogens is 184 g/mol. The summed E-state index contributed by atoms with van der Waals surface area (Å²) in [6, 6.07) is 0.548. The van der Waals surface area contributed by atoms with Gasteiger partial charge in [-0.2, -0.15) is 0 Å². The first-order chi connectivity index (χ1) is 6.60. The van der Waals surface area contributed by atoms with Gasteiger partial charge in [-0.25, -0.2) is 8.78 Å². The summed E-state index contributed by atoms with van der Waals surface area (Å²) < 4.78 is 25.1. The molecule has 3 heteroatoms. The van der Waals surface area contributed by atoms with Crippen molar-refractivity contribution in [1.82, 2.24) is 5.32 Å². The molecule has 1 atom stereocenters. The lowest BCUT2D eigenvalue weighted by atomic mass is 9.54. The highest BCUT2D eigenvalue weighted by molar-refractivity contribution is 5.04. The summed E-state index contributed by atoms with van der Waals surface area (Å²) in [7, 11) is 0. The van der Waals surface area contributed by atoms with Crippen LogP contribution < -0.4 is 5.32 Å². The van der Waals surface area contributed by atoms with Gasteiger partial charge in [0.15, 0.2) is 0 Å². The van der Waals surface area contributed by atoms with Crippen LogP contribution in [-0.4, -0.2) is 18.5 Å². The van der Waals surface area contributed by atoms with Crippen molar-refractivity contribution >= 4 is 0 Å². The Balaban J connectivity index is 1.36. The lowest BCUT2D eigenvalue weighted by Crippen LogP contribution is -2.52. The first-order valence-corrected chi connectivity index (χ1v) is 5.71. The number of halogens is 2. The summed E-state index contributed by atoms with van der Waals surface area (Å²) in [5.74, 6) is -2.70. The van der Waals surface area contributed by atoms with Gasteiger partial charge < -0.3 is 5.32 Å². The molecule has 0 aromatic rings. The molecule has 3 fully saturated rings. The smallest absolute Gasteiger partial charge is 0.252 e. The van der Waals surface area contributed by atoms with Crippen molar-refractivity contribution in [1.29, 1.82) is 0 Å². The molecule has 0 saturated heterocycles. The van der Waals surface area contributed by atoms with Gasteiger partial charge in [-0.15, -0.1) is 0 Å². The topological polar surface area (TPSA) is 12.0 Å². The van der Waals surface area contributed by atoms with Crippen molar-refractivity contribution in [3.8, 4) is 0 Å². The minimum Gasteiger partial charge on any atom is -0.313 e. The second-order valence-electron chi connectivity index (χ2n) is 5.53. The van der Waals surface area contributed by atoms with E-state index in [1.54, 1.807) is 0 Å². The SMILES string of the molecule is FC1(F)CC1CNC1CC2(CCC2)C1. The second kappa shape index (κ2) is 2.69. The molecule has 0 aliphatic heterocycles. The molecule has 3 saturated carbocycles. The summed E-state index contributed by atoms with van der Waals surface area (Å²) in [6.07, 6.45) is 6.73. The highest BCUT2D eigenvalue weighted by Gasteiger charge is 2.57. The average molecular weight is 201 g/mol. The number of rotatable bonds is 3. The van der Waals surface area contributed by atoms with Gasteiger partial charge in [0.05, 0.1) is 0 Å². The molecule has 1 unspecified atom stereocenters. The maximum atomic E-state index is 12.6. The van der Waals surface area contributed by atoms with Crippen LogP contribution in [0.3, 0.4) is 0 Å². The third kappa shape index (κ3) is 1.37. The zero-order valence-electron chi connectivity index (χ0n) is 8.36. The van der Waals surface area contributed by atoms with E-state index in [-0.39, 0.29) is 12.3 Å². The molecule has 0 amide bonds. The Hall–Kier alpha value is -0.180. The largest absolute Gasteiger partial charge is 0.313 e. The van der Waals surface area contributed by atoms with Crippen molar-refractivity contribution in [3.63, 3.8) is 0 Å². The lowest BCUT2D eigenvalue weighted by Gasteiger charge is -2.54. The van der Waals surface area contributed by atoms with Crippen LogP contribution in [0, 0.1) is 11.3 Å². The summed E-state index contributed by atoms with van der Waals surface area (Å²) in [5.41, 5.74) is 0.656. The third-order valence-corrected chi connectivity index (χ3v) is 4.38. The summed E-state index contributed by atoms with van der Waals surface area (Å²) in [5, 5.41) is 3.28. The first kappa shape index (κ1) is 9.08. The minimum atomic E-state index is -2.34. The van der Waals surface area contributed by atoms with Gasteiger partial charge >= 0.3 is 0 Å². The van der Waals surface area contributed by atoms with Crippen LogP contribution in [0.2, 0.25) is 0 Å². The fraction of sp³-hybridized carbons (Fsp3) is 1.00. The van der Waals surface area contributed by atoms with Crippen LogP contribution in [0.4, 0.5) is 8.78 Å². The maximum Gasteiger partial charge on any atom is 0.252 e. The lowest BCUT2D eigenvalue weighted by molar-refractivity contribution is -0.00376. The first-order valence-electron chi connectivity index (χ1n) is 5.71. The maximum absolute atomic E-state index is 12.6. The van der Waals surface area contributed by atoms with Gasteiger partial charge in [0.25, 0.3) is 5.92 Å². The Labute approximate surface area is 83.3 Å². The van der Waals surface area contributed by atoms with Crippen LogP contribution in [0.5, 0.6) is 0 Å². The van der Waals surface area contributed by atoms with Crippen LogP contribution in [0.25, 0.3) is 0 Å². The van der Waals surface area contributed by atoms with Crippen LogP contribution >= 0.6 is 0 Å². The fourth-order valence-electron chi connectivity index (χ4n) is 3.01. The van der Waals surface area contributed by atoms with Crippen molar-refractivity contribution < 1.29 is 8.78 Å². The molecule has 0 aromatic carbocycles. The van der Waals surface area contributed by atoms with Gasteiger partial charge in [-0.3, -0.25) is 0 Å². The van der Waals surface area contributed by atoms with E-state index < -0.39 is 5.92 Å². The molecule has 14 heavy (non-hydrogen) atoms. The Morgan fingerprint density at radius 3 is 2.21 bits per heavy atom. The van der Waals surface area contributed by atoms with E-state index in [2.05, 4.69) is 5.32 Å². The molecule has 3 rings (SSSR count). The van der Waals surface area contributed by atoms with E-state index in [0.717, 1.165) is 0 Å². The highest BCUT2D eigenvalue weighted by atomic mass is 19.3. The molecular formula is C11H17F2N. The molecule has 3 aliphatic rings. The number of alkyl halides is 2. The average Bonchev–Trinajstić information content (AvgIpc) is 2.52. The molecule has 0 heterocycles. The molecule has 3 aliphatic carbocycles. The van der Waals surface area contributed by atoms with Crippen LogP contribution in [0.1, 0.15) is 38.5 Å².